The zero-order chi connectivity index (χ0) is 26.2. The maximum atomic E-state index is 6.10. The quantitative estimate of drug-likeness (QED) is 0.0970. The SMILES string of the molecule is CCCCCCCCCCCCc1ccc(Oc2ccc(CCCCCCCCCCCC)cc2)cc1.[H-].[Na+]. The van der Waals surface area contributed by atoms with E-state index in [4.69, 9.17) is 4.74 Å². The van der Waals surface area contributed by atoms with E-state index >= 15 is 0 Å². The van der Waals surface area contributed by atoms with Gasteiger partial charge in [-0.15, -0.1) is 0 Å². The van der Waals surface area contributed by atoms with Gasteiger partial charge in [-0.05, 0) is 61.1 Å². The number of benzene rings is 2. The molecule has 2 heteroatoms. The Bertz CT molecular complexity index is 693. The molecule has 1 nitrogen and oxygen atoms in total. The Kier molecular flexibility index (Phi) is 23.4. The molecule has 0 aliphatic carbocycles. The third kappa shape index (κ3) is 18.5. The molecule has 0 aliphatic heterocycles. The van der Waals surface area contributed by atoms with Crippen molar-refractivity contribution >= 4 is 0 Å². The number of unbranched alkanes of at least 4 members (excludes halogenated alkanes) is 18. The minimum Gasteiger partial charge on any atom is -1.00 e. The van der Waals surface area contributed by atoms with Gasteiger partial charge >= 0.3 is 29.6 Å². The fourth-order valence-corrected chi connectivity index (χ4v) is 5.22. The van der Waals surface area contributed by atoms with Gasteiger partial charge in [0, 0.05) is 0 Å². The zero-order valence-electron chi connectivity index (χ0n) is 26.6. The predicted molar refractivity (Wildman–Crippen MR) is 165 cm³/mol. The van der Waals surface area contributed by atoms with E-state index in [-0.39, 0.29) is 31.0 Å². The topological polar surface area (TPSA) is 9.23 Å². The molecule has 0 heterocycles. The van der Waals surface area contributed by atoms with Crippen LogP contribution in [0.3, 0.4) is 0 Å². The second-order valence-corrected chi connectivity index (χ2v) is 11.3. The fraction of sp³-hybridized carbons (Fsp3) is 0.667. The smallest absolute Gasteiger partial charge is 1.00 e. The van der Waals surface area contributed by atoms with Crippen LogP contribution in [0.4, 0.5) is 0 Å². The van der Waals surface area contributed by atoms with Crippen LogP contribution in [0.15, 0.2) is 48.5 Å². The van der Waals surface area contributed by atoms with E-state index in [2.05, 4.69) is 62.4 Å². The van der Waals surface area contributed by atoms with E-state index in [0.717, 1.165) is 11.5 Å². The second kappa shape index (κ2) is 25.2. The third-order valence-electron chi connectivity index (χ3n) is 7.72. The van der Waals surface area contributed by atoms with Crippen LogP contribution in [0.25, 0.3) is 0 Å². The van der Waals surface area contributed by atoms with Crippen LogP contribution in [0, 0.1) is 0 Å². The van der Waals surface area contributed by atoms with Crippen molar-refractivity contribution in [3.63, 3.8) is 0 Å². The Morgan fingerprint density at radius 1 is 0.395 bits per heavy atom. The minimum atomic E-state index is 0. The van der Waals surface area contributed by atoms with E-state index in [9.17, 15) is 0 Å². The van der Waals surface area contributed by atoms with Crippen molar-refractivity contribution in [2.75, 3.05) is 0 Å². The standard InChI is InChI=1S/C36H58O.Na.H/c1-3-5-7-9-11-13-15-17-19-21-23-33-25-29-35(30-26-33)37-36-31-27-34(28-32-36)24-22-20-18-16-14-12-10-8-6-4-2;;/h25-32H,3-24H2,1-2H3;;/q;+1;-1. The van der Waals surface area contributed by atoms with E-state index < -0.39 is 0 Å². The Morgan fingerprint density at radius 3 is 0.947 bits per heavy atom. The molecular formula is C36H59NaO. The normalized spacial score (nSPS) is 10.9. The summed E-state index contributed by atoms with van der Waals surface area (Å²) in [5.41, 5.74) is 2.86. The molecule has 0 aliphatic rings. The Balaban J connectivity index is 0.00000722. The molecule has 0 amide bonds. The van der Waals surface area contributed by atoms with Crippen LogP contribution in [0.5, 0.6) is 11.5 Å². The first-order valence-corrected chi connectivity index (χ1v) is 16.2. The summed E-state index contributed by atoms with van der Waals surface area (Å²) in [5, 5.41) is 0. The molecule has 0 spiro atoms. The Morgan fingerprint density at radius 2 is 0.658 bits per heavy atom. The first-order chi connectivity index (χ1) is 18.3. The van der Waals surface area contributed by atoms with Crippen molar-refractivity contribution in [1.82, 2.24) is 0 Å². The molecule has 0 fully saturated rings. The van der Waals surface area contributed by atoms with Crippen LogP contribution in [-0.4, -0.2) is 0 Å². The molecule has 0 radical (unpaired) electrons. The van der Waals surface area contributed by atoms with Gasteiger partial charge in [-0.25, -0.2) is 0 Å². The molecule has 2 aromatic rings. The molecule has 210 valence electrons. The third-order valence-corrected chi connectivity index (χ3v) is 7.72. The molecule has 2 rings (SSSR count). The summed E-state index contributed by atoms with van der Waals surface area (Å²) in [6.07, 6.45) is 30.3. The van der Waals surface area contributed by atoms with Crippen molar-refractivity contribution in [3.8, 4) is 11.5 Å². The molecule has 0 saturated carbocycles. The summed E-state index contributed by atoms with van der Waals surface area (Å²) in [7, 11) is 0. The fourth-order valence-electron chi connectivity index (χ4n) is 5.22. The molecule has 0 bridgehead atoms. The Labute approximate surface area is 260 Å². The Hall–Kier alpha value is -0.760. The van der Waals surface area contributed by atoms with E-state index in [1.807, 2.05) is 0 Å². The number of aryl methyl sites for hydroxylation is 2. The summed E-state index contributed by atoms with van der Waals surface area (Å²) in [6.45, 7) is 4.58. The largest absolute Gasteiger partial charge is 1.00 e. The number of rotatable bonds is 24. The molecule has 0 atom stereocenters. The van der Waals surface area contributed by atoms with Gasteiger partial charge in [0.1, 0.15) is 11.5 Å². The summed E-state index contributed by atoms with van der Waals surface area (Å²) < 4.78 is 6.10. The first kappa shape index (κ1) is 35.3. The molecule has 0 unspecified atom stereocenters. The average molecular weight is 531 g/mol. The van der Waals surface area contributed by atoms with E-state index in [0.29, 0.717) is 0 Å². The summed E-state index contributed by atoms with van der Waals surface area (Å²) in [5.74, 6) is 1.88. The van der Waals surface area contributed by atoms with E-state index in [1.165, 1.54) is 152 Å². The summed E-state index contributed by atoms with van der Waals surface area (Å²) in [4.78, 5) is 0. The van der Waals surface area contributed by atoms with Gasteiger partial charge in [0.25, 0.3) is 0 Å². The van der Waals surface area contributed by atoms with Crippen molar-refractivity contribution in [2.24, 2.45) is 0 Å². The van der Waals surface area contributed by atoms with Crippen LogP contribution in [-0.2, 0) is 12.8 Å². The summed E-state index contributed by atoms with van der Waals surface area (Å²) in [6, 6.07) is 17.5. The minimum absolute atomic E-state index is 0. The first-order valence-electron chi connectivity index (χ1n) is 16.2. The summed E-state index contributed by atoms with van der Waals surface area (Å²) >= 11 is 0. The van der Waals surface area contributed by atoms with Crippen molar-refractivity contribution in [2.45, 2.75) is 155 Å². The predicted octanol–water partition coefficient (Wildman–Crippen LogP) is 9.52. The molecule has 0 N–H and O–H groups in total. The molecule has 2 aromatic carbocycles. The maximum Gasteiger partial charge on any atom is 1.00 e. The monoisotopic (exact) mass is 530 g/mol. The molecule has 38 heavy (non-hydrogen) atoms. The van der Waals surface area contributed by atoms with Crippen molar-refractivity contribution < 1.29 is 35.7 Å². The molecular weight excluding hydrogens is 471 g/mol. The van der Waals surface area contributed by atoms with Crippen LogP contribution < -0.4 is 34.3 Å². The zero-order valence-corrected chi connectivity index (χ0v) is 27.6. The number of hydrogen-bond donors (Lipinski definition) is 0. The van der Waals surface area contributed by atoms with Gasteiger partial charge in [0.15, 0.2) is 0 Å². The van der Waals surface area contributed by atoms with Gasteiger partial charge in [-0.1, -0.05) is 154 Å². The average Bonchev–Trinajstić information content (AvgIpc) is 2.92. The number of ether oxygens (including phenoxy) is 1. The molecule has 0 saturated heterocycles. The van der Waals surface area contributed by atoms with Gasteiger partial charge in [-0.2, -0.15) is 0 Å². The van der Waals surface area contributed by atoms with Crippen molar-refractivity contribution in [1.29, 1.82) is 0 Å². The molecule has 0 aromatic heterocycles. The van der Waals surface area contributed by atoms with E-state index in [1.54, 1.807) is 0 Å². The van der Waals surface area contributed by atoms with Crippen molar-refractivity contribution in [3.05, 3.63) is 59.7 Å². The second-order valence-electron chi connectivity index (χ2n) is 11.3. The van der Waals surface area contributed by atoms with Crippen LogP contribution in [0.2, 0.25) is 0 Å². The van der Waals surface area contributed by atoms with Gasteiger partial charge < -0.3 is 6.16 Å². The van der Waals surface area contributed by atoms with Gasteiger partial charge in [0.2, 0.25) is 0 Å². The van der Waals surface area contributed by atoms with Crippen LogP contribution >= 0.6 is 0 Å². The van der Waals surface area contributed by atoms with Gasteiger partial charge in [0.05, 0.1) is 0 Å². The van der Waals surface area contributed by atoms with Gasteiger partial charge in [-0.3, -0.25) is 0 Å². The van der Waals surface area contributed by atoms with Crippen LogP contribution in [0.1, 0.15) is 155 Å². The number of hydrogen-bond acceptors (Lipinski definition) is 1. The maximum absolute atomic E-state index is 6.10.